The summed E-state index contributed by atoms with van der Waals surface area (Å²) < 4.78 is 73.9. The molecular formula is C40H40B2F4N4. The van der Waals surface area contributed by atoms with Crippen molar-refractivity contribution in [2.45, 2.75) is 80.1 Å². The van der Waals surface area contributed by atoms with E-state index in [2.05, 4.69) is 13.8 Å². The number of rotatable bonds is 6. The maximum absolute atomic E-state index is 17.2. The van der Waals surface area contributed by atoms with Crippen LogP contribution in [0.5, 0.6) is 0 Å². The second kappa shape index (κ2) is 10.5. The van der Waals surface area contributed by atoms with Gasteiger partial charge in [-0.2, -0.15) is 0 Å². The Kier molecular flexibility index (Phi) is 6.57. The maximum atomic E-state index is 17.2. The van der Waals surface area contributed by atoms with Gasteiger partial charge in [0.25, 0.3) is 0 Å². The van der Waals surface area contributed by atoms with Crippen LogP contribution in [-0.4, -0.2) is 43.3 Å². The van der Waals surface area contributed by atoms with Gasteiger partial charge >= 0.3 is 13.9 Å². The Hall–Kier alpha value is -4.59. The zero-order valence-electron chi connectivity index (χ0n) is 29.5. The Bertz CT molecular complexity index is 2340. The van der Waals surface area contributed by atoms with Crippen LogP contribution in [0.2, 0.25) is 0 Å². The van der Waals surface area contributed by atoms with Crippen molar-refractivity contribution in [1.82, 2.24) is 8.96 Å². The summed E-state index contributed by atoms with van der Waals surface area (Å²) in [6.45, 7) is 3.35. The molecule has 4 aliphatic heterocycles. The van der Waals surface area contributed by atoms with Crippen LogP contribution in [-0.2, 0) is 25.7 Å². The molecule has 0 amide bonds. The van der Waals surface area contributed by atoms with E-state index in [1.807, 2.05) is 88.4 Å². The van der Waals surface area contributed by atoms with Gasteiger partial charge < -0.3 is 35.2 Å². The van der Waals surface area contributed by atoms with Gasteiger partial charge in [0.1, 0.15) is 11.4 Å². The number of benzene rings is 3. The van der Waals surface area contributed by atoms with Crippen molar-refractivity contribution in [1.29, 1.82) is 0 Å². The van der Waals surface area contributed by atoms with Gasteiger partial charge in [0.05, 0.1) is 22.3 Å². The van der Waals surface area contributed by atoms with Crippen molar-refractivity contribution in [3.8, 4) is 0 Å². The highest BCUT2D eigenvalue weighted by Gasteiger charge is 2.58. The molecule has 4 aliphatic rings. The third-order valence-corrected chi connectivity index (χ3v) is 11.8. The zero-order chi connectivity index (χ0) is 35.0. The van der Waals surface area contributed by atoms with Crippen LogP contribution in [0.1, 0.15) is 111 Å². The van der Waals surface area contributed by atoms with Crippen molar-refractivity contribution in [3.63, 3.8) is 0 Å². The lowest BCUT2D eigenvalue weighted by atomic mass is 9.88. The van der Waals surface area contributed by atoms with Gasteiger partial charge in [-0.1, -0.05) is 65.8 Å². The Balaban J connectivity index is 1.33. The first-order valence-corrected chi connectivity index (χ1v) is 18.3. The zero-order valence-corrected chi connectivity index (χ0v) is 29.5. The molecule has 0 bridgehead atoms. The minimum Gasteiger partial charge on any atom is -0.393 e. The van der Waals surface area contributed by atoms with Crippen molar-refractivity contribution in [3.05, 3.63) is 105 Å². The van der Waals surface area contributed by atoms with Gasteiger partial charge in [0.15, 0.2) is 11.4 Å². The molecule has 50 heavy (non-hydrogen) atoms. The summed E-state index contributed by atoms with van der Waals surface area (Å²) in [7, 11) is 0. The van der Waals surface area contributed by atoms with E-state index in [0.29, 0.717) is 93.5 Å². The summed E-state index contributed by atoms with van der Waals surface area (Å²) in [5, 5.41) is 3.38. The smallest absolute Gasteiger partial charge is 0.393 e. The first-order valence-electron chi connectivity index (χ1n) is 18.3. The first-order chi connectivity index (χ1) is 24.0. The van der Waals surface area contributed by atoms with E-state index in [-0.39, 0.29) is 0 Å². The Labute approximate surface area is 289 Å². The molecule has 9 rings (SSSR count). The Morgan fingerprint density at radius 3 is 1.22 bits per heavy atom. The number of fused-ring (bicyclic) bond motifs is 12. The van der Waals surface area contributed by atoms with E-state index in [0.717, 1.165) is 45.5 Å². The van der Waals surface area contributed by atoms with Crippen LogP contribution in [0.4, 0.5) is 17.3 Å². The quantitative estimate of drug-likeness (QED) is 0.126. The number of aryl methyl sites for hydroxylation is 4. The van der Waals surface area contributed by atoms with Gasteiger partial charge in [-0.3, -0.25) is 0 Å². The van der Waals surface area contributed by atoms with E-state index in [1.54, 1.807) is 0 Å². The first kappa shape index (κ1) is 31.4. The second-order valence-electron chi connectivity index (χ2n) is 14.1. The number of aromatic nitrogens is 2. The molecule has 0 radical (unpaired) electrons. The average Bonchev–Trinajstić information content (AvgIpc) is 3.82. The number of halogens is 4. The van der Waals surface area contributed by atoms with Gasteiger partial charge in [0, 0.05) is 47.2 Å². The summed E-state index contributed by atoms with van der Waals surface area (Å²) >= 11 is 0. The normalized spacial score (nSPS) is 17.9. The molecule has 4 nitrogen and oxygen atoms in total. The van der Waals surface area contributed by atoms with Crippen molar-refractivity contribution in [2.75, 3.05) is 0 Å². The van der Waals surface area contributed by atoms with E-state index >= 15 is 17.3 Å². The van der Waals surface area contributed by atoms with Gasteiger partial charge in [0.2, 0.25) is 0 Å². The lowest BCUT2D eigenvalue weighted by Gasteiger charge is -2.31. The third kappa shape index (κ3) is 3.69. The average molecular weight is 674 g/mol. The molecule has 0 fully saturated rings. The minimum absolute atomic E-state index is 0.373. The molecule has 6 heterocycles. The lowest BCUT2D eigenvalue weighted by Crippen LogP contribution is -2.50. The summed E-state index contributed by atoms with van der Waals surface area (Å²) in [4.78, 5) is 0. The summed E-state index contributed by atoms with van der Waals surface area (Å²) in [5.74, 6) is 0. The maximum Gasteiger partial charge on any atom is 0.737 e. The predicted molar refractivity (Wildman–Crippen MR) is 200 cm³/mol. The molecule has 5 aromatic rings. The van der Waals surface area contributed by atoms with Crippen LogP contribution >= 0.6 is 0 Å². The fourth-order valence-electron chi connectivity index (χ4n) is 9.61. The SMILES string of the molecule is CCC1=[N+]2C(=Cc3c4cc(CC)ccc4c(CC)n3[B-]2(F)F)c2cc3c(cc21)C1=Cc2c4cc(CC)ccc4c(CC)n2[B-](F)(F)[N+]1=C3CC. The Morgan fingerprint density at radius 2 is 0.880 bits per heavy atom. The molecule has 2 aromatic heterocycles. The van der Waals surface area contributed by atoms with E-state index < -0.39 is 13.9 Å². The van der Waals surface area contributed by atoms with Crippen LogP contribution < -0.4 is 0 Å². The molecular weight excluding hydrogens is 634 g/mol. The van der Waals surface area contributed by atoms with E-state index in [4.69, 9.17) is 0 Å². The molecule has 0 atom stereocenters. The number of nitrogens with zero attached hydrogens (tertiary/aromatic N) is 4. The summed E-state index contributed by atoms with van der Waals surface area (Å²) in [6, 6.07) is 16.0. The van der Waals surface area contributed by atoms with Crippen LogP contribution in [0.3, 0.4) is 0 Å². The van der Waals surface area contributed by atoms with Gasteiger partial charge in [-0.25, -0.2) is 0 Å². The van der Waals surface area contributed by atoms with Crippen molar-refractivity contribution < 1.29 is 26.2 Å². The molecule has 0 N–H and O–H groups in total. The highest BCUT2D eigenvalue weighted by molar-refractivity contribution is 6.60. The Morgan fingerprint density at radius 1 is 0.480 bits per heavy atom. The van der Waals surface area contributed by atoms with Gasteiger partial charge in [-0.15, -0.1) is 0 Å². The van der Waals surface area contributed by atoms with E-state index in [9.17, 15) is 0 Å². The van der Waals surface area contributed by atoms with Crippen LogP contribution in [0.15, 0.2) is 48.5 Å². The molecule has 0 saturated carbocycles. The topological polar surface area (TPSA) is 15.9 Å². The van der Waals surface area contributed by atoms with Crippen molar-refractivity contribution >= 4 is 70.5 Å². The standard InChI is InChI=1S/C40H40B2F4N4/c1-7-23-13-15-25-27(17-23)37-21-39-31-19-30-32(20-29(31)35(11-5)49(39)41(43,44)47(37)33(25)9-3)40-22-38-28-18-24(8-2)14-16-26(28)34(10-4)48(38)42(45,46)50(40)36(30)12-6/h13-22H,7-12H2,1-6H3. The number of hydrogen-bond donors (Lipinski definition) is 0. The molecule has 254 valence electrons. The van der Waals surface area contributed by atoms with Gasteiger partial charge in [-0.05, 0) is 83.2 Å². The summed E-state index contributed by atoms with van der Waals surface area (Å²) in [6.07, 6.45) is 7.14. The predicted octanol–water partition coefficient (Wildman–Crippen LogP) is 9.76. The molecule has 0 aliphatic carbocycles. The third-order valence-electron chi connectivity index (χ3n) is 11.8. The highest BCUT2D eigenvalue weighted by Crippen LogP contribution is 2.48. The lowest BCUT2D eigenvalue weighted by molar-refractivity contribution is -0.319. The second-order valence-corrected chi connectivity index (χ2v) is 14.1. The fraction of sp³-hybridized carbons (Fsp3) is 0.300. The molecule has 0 unspecified atom stereocenters. The number of hydrogen-bond acceptors (Lipinski definition) is 0. The molecule has 10 heteroatoms. The highest BCUT2D eigenvalue weighted by atomic mass is 19.3. The fourth-order valence-corrected chi connectivity index (χ4v) is 9.61. The van der Waals surface area contributed by atoms with E-state index in [1.165, 1.54) is 17.9 Å². The largest absolute Gasteiger partial charge is 0.737 e. The summed E-state index contributed by atoms with van der Waals surface area (Å²) in [5.41, 5.74) is 9.21. The molecule has 3 aromatic carbocycles. The molecule has 0 spiro atoms. The van der Waals surface area contributed by atoms with Crippen LogP contribution in [0, 0.1) is 0 Å². The monoisotopic (exact) mass is 674 g/mol. The van der Waals surface area contributed by atoms with Crippen molar-refractivity contribution in [2.24, 2.45) is 0 Å². The van der Waals surface area contributed by atoms with Crippen LogP contribution in [0.25, 0.3) is 45.1 Å². The minimum atomic E-state index is -4.23. The molecule has 0 saturated heterocycles.